The number of allylic oxidation sites excluding steroid dienone is 4. The Hall–Kier alpha value is -2.89. The van der Waals surface area contributed by atoms with Crippen molar-refractivity contribution in [3.63, 3.8) is 0 Å². The maximum absolute atomic E-state index is 2.68. The fourth-order valence-electron chi connectivity index (χ4n) is 8.05. The first kappa shape index (κ1) is 35.0. The van der Waals surface area contributed by atoms with Gasteiger partial charge >= 0.3 is 301 Å². The Morgan fingerprint density at radius 3 is 1.46 bits per heavy atom. The number of rotatable bonds is 10. The molecule has 248 valence electrons. The number of hydrogen-bond acceptors (Lipinski definition) is 0. The molecule has 48 heavy (non-hydrogen) atoms. The van der Waals surface area contributed by atoms with Crippen molar-refractivity contribution in [1.29, 1.82) is 0 Å². The molecule has 0 bridgehead atoms. The Kier molecular flexibility index (Phi) is 10.6. The summed E-state index contributed by atoms with van der Waals surface area (Å²) in [4.78, 5) is 0. The number of unbranched alkanes of at least 4 members (excludes halogenated alkanes) is 2. The molecule has 0 N–H and O–H groups in total. The topological polar surface area (TPSA) is 0 Å². The summed E-state index contributed by atoms with van der Waals surface area (Å²) < 4.78 is 4.24. The first-order valence-electron chi connectivity index (χ1n) is 18.6. The van der Waals surface area contributed by atoms with Crippen molar-refractivity contribution in [2.24, 2.45) is 0 Å². The molecule has 0 saturated carbocycles. The second-order valence-corrected chi connectivity index (χ2v) is 23.0. The number of benzene rings is 4. The molecule has 0 nitrogen and oxygen atoms in total. The standard InChI is InChI=1S/C33H33.C9H18.C5H5.Zr/c1-32(2,3)30-20-26-24(18-28(30)22-13-9-7-10-14-22)17-25-19-29(23-15-11-8-12-16-23)31(21-27(25)26)33(4,5)6;1-3-5-7-9-8-6-4-2;1-2-4-5-3-1;/h7-21H,1-6H3;3-8H2,1-2H3;1-3H,4H2;. The van der Waals surface area contributed by atoms with Gasteiger partial charge in [-0.3, -0.25) is 0 Å². The van der Waals surface area contributed by atoms with Crippen LogP contribution in [0.5, 0.6) is 0 Å². The van der Waals surface area contributed by atoms with Gasteiger partial charge in [0.15, 0.2) is 0 Å². The third-order valence-electron chi connectivity index (χ3n) is 10.5. The average Bonchev–Trinajstić information content (AvgIpc) is 3.71. The van der Waals surface area contributed by atoms with E-state index in [2.05, 4.69) is 159 Å². The van der Waals surface area contributed by atoms with E-state index >= 15 is 0 Å². The molecule has 0 aromatic heterocycles. The van der Waals surface area contributed by atoms with Gasteiger partial charge in [0.1, 0.15) is 0 Å². The summed E-state index contributed by atoms with van der Waals surface area (Å²) in [5.41, 5.74) is 14.7. The zero-order valence-corrected chi connectivity index (χ0v) is 33.3. The van der Waals surface area contributed by atoms with Crippen molar-refractivity contribution in [3.05, 3.63) is 129 Å². The second kappa shape index (κ2) is 14.5. The molecule has 2 aliphatic rings. The summed E-state index contributed by atoms with van der Waals surface area (Å²) in [6, 6.07) is 33.0. The molecule has 0 saturated heterocycles. The van der Waals surface area contributed by atoms with E-state index < -0.39 is 21.3 Å². The molecule has 6 rings (SSSR count). The van der Waals surface area contributed by atoms with Gasteiger partial charge in [0.25, 0.3) is 0 Å². The third-order valence-corrected chi connectivity index (χ3v) is 19.2. The summed E-state index contributed by atoms with van der Waals surface area (Å²) >= 11 is -2.46. The molecule has 0 fully saturated rings. The van der Waals surface area contributed by atoms with Gasteiger partial charge < -0.3 is 0 Å². The van der Waals surface area contributed by atoms with Crippen LogP contribution in [0.2, 0.25) is 0 Å². The van der Waals surface area contributed by atoms with Crippen molar-refractivity contribution in [3.8, 4) is 33.4 Å². The first-order chi connectivity index (χ1) is 23.0. The van der Waals surface area contributed by atoms with E-state index in [0.717, 1.165) is 6.42 Å². The van der Waals surface area contributed by atoms with Gasteiger partial charge in [-0.15, -0.1) is 0 Å². The molecule has 0 heterocycles. The Balaban J connectivity index is 1.74. The monoisotopic (exact) mass is 710 g/mol. The van der Waals surface area contributed by atoms with E-state index in [1.807, 2.05) is 3.21 Å². The van der Waals surface area contributed by atoms with Crippen LogP contribution in [0.1, 0.15) is 126 Å². The van der Waals surface area contributed by atoms with Gasteiger partial charge in [-0.1, -0.05) is 0 Å². The second-order valence-electron chi connectivity index (χ2n) is 16.2. The van der Waals surface area contributed by atoms with Crippen LogP contribution < -0.4 is 0 Å². The Morgan fingerprint density at radius 1 is 0.625 bits per heavy atom. The molecule has 0 atom stereocenters. The van der Waals surface area contributed by atoms with Crippen LogP contribution in [0.25, 0.3) is 33.4 Å². The van der Waals surface area contributed by atoms with Gasteiger partial charge in [0.05, 0.1) is 0 Å². The van der Waals surface area contributed by atoms with Gasteiger partial charge in [-0.25, -0.2) is 0 Å². The van der Waals surface area contributed by atoms with Crippen LogP contribution in [0.3, 0.4) is 0 Å². The summed E-state index contributed by atoms with van der Waals surface area (Å²) in [6.07, 6.45) is 16.3. The zero-order valence-electron chi connectivity index (χ0n) is 30.8. The van der Waals surface area contributed by atoms with Crippen molar-refractivity contribution < 1.29 is 21.3 Å². The predicted molar refractivity (Wildman–Crippen MR) is 208 cm³/mol. The summed E-state index contributed by atoms with van der Waals surface area (Å²) in [5, 5.41) is 0. The fourth-order valence-corrected chi connectivity index (χ4v) is 17.5. The molecule has 0 amide bonds. The van der Waals surface area contributed by atoms with Crippen LogP contribution >= 0.6 is 0 Å². The van der Waals surface area contributed by atoms with Crippen molar-refractivity contribution in [2.75, 3.05) is 0 Å². The molecular formula is C47H56Zr. The minimum absolute atomic E-state index is 0.0221. The SMILES string of the molecule is CCCC[C](CCCC)=[Zr]([C]1=CC=CC1)[CH]1c2cc(-c3ccccc3)c(C(C)(C)C)cc2-c2cc(C(C)(C)C)c(-c3ccccc3)cc21. The van der Waals surface area contributed by atoms with E-state index in [4.69, 9.17) is 0 Å². The summed E-state index contributed by atoms with van der Waals surface area (Å²) in [7, 11) is 0. The molecule has 2 aliphatic carbocycles. The summed E-state index contributed by atoms with van der Waals surface area (Å²) in [6.45, 7) is 19.1. The normalized spacial score (nSPS) is 14.2. The van der Waals surface area contributed by atoms with E-state index in [-0.39, 0.29) is 10.8 Å². The van der Waals surface area contributed by atoms with Crippen LogP contribution in [-0.4, -0.2) is 3.21 Å². The molecule has 0 radical (unpaired) electrons. The zero-order chi connectivity index (χ0) is 34.1. The van der Waals surface area contributed by atoms with Crippen LogP contribution in [0.4, 0.5) is 0 Å². The van der Waals surface area contributed by atoms with Crippen molar-refractivity contribution >= 4 is 3.21 Å². The molecule has 0 unspecified atom stereocenters. The van der Waals surface area contributed by atoms with Crippen molar-refractivity contribution in [2.45, 2.75) is 115 Å². The predicted octanol–water partition coefficient (Wildman–Crippen LogP) is 13.7. The van der Waals surface area contributed by atoms with E-state index in [1.165, 1.54) is 83.0 Å². The number of fused-ring (bicyclic) bond motifs is 3. The molecule has 0 aliphatic heterocycles. The molecule has 4 aromatic carbocycles. The Morgan fingerprint density at radius 2 is 1.08 bits per heavy atom. The van der Waals surface area contributed by atoms with Gasteiger partial charge in [0.2, 0.25) is 0 Å². The average molecular weight is 712 g/mol. The van der Waals surface area contributed by atoms with Gasteiger partial charge in [-0.05, 0) is 0 Å². The quantitative estimate of drug-likeness (QED) is 0.154. The van der Waals surface area contributed by atoms with Gasteiger partial charge in [0, 0.05) is 0 Å². The Labute approximate surface area is 299 Å². The molecular weight excluding hydrogens is 656 g/mol. The van der Waals surface area contributed by atoms with Crippen LogP contribution in [0.15, 0.2) is 106 Å². The van der Waals surface area contributed by atoms with E-state index in [0.29, 0.717) is 3.63 Å². The Bertz CT molecular complexity index is 1740. The van der Waals surface area contributed by atoms with Crippen molar-refractivity contribution in [1.82, 2.24) is 0 Å². The minimum atomic E-state index is -2.46. The van der Waals surface area contributed by atoms with Gasteiger partial charge in [-0.2, -0.15) is 0 Å². The van der Waals surface area contributed by atoms with Crippen LogP contribution in [0, 0.1) is 0 Å². The maximum atomic E-state index is 2.68. The third kappa shape index (κ3) is 7.05. The van der Waals surface area contributed by atoms with E-state index in [1.54, 1.807) is 14.4 Å². The molecule has 0 spiro atoms. The first-order valence-corrected chi connectivity index (χ1v) is 22.5. The molecule has 1 heteroatoms. The summed E-state index contributed by atoms with van der Waals surface area (Å²) in [5.74, 6) is 0. The van der Waals surface area contributed by atoms with Crippen LogP contribution in [-0.2, 0) is 32.1 Å². The molecule has 4 aromatic rings. The number of hydrogen-bond donors (Lipinski definition) is 0. The van der Waals surface area contributed by atoms with E-state index in [9.17, 15) is 0 Å². The fraction of sp³-hybridized carbons (Fsp3) is 0.383.